The van der Waals surface area contributed by atoms with Crippen LogP contribution in [-0.4, -0.2) is 24.2 Å². The van der Waals surface area contributed by atoms with Crippen LogP contribution in [0.4, 0.5) is 4.39 Å². The topological polar surface area (TPSA) is 49.3 Å². The summed E-state index contributed by atoms with van der Waals surface area (Å²) in [7, 11) is 0. The van der Waals surface area contributed by atoms with Crippen molar-refractivity contribution in [3.63, 3.8) is 0 Å². The van der Waals surface area contributed by atoms with Crippen molar-refractivity contribution in [3.05, 3.63) is 34.1 Å². The van der Waals surface area contributed by atoms with Gasteiger partial charge in [0, 0.05) is 17.6 Å². The number of aliphatic hydroxyl groups is 1. The van der Waals surface area contributed by atoms with E-state index in [2.05, 4.69) is 21.2 Å². The number of nitrogens with one attached hydrogen (secondary N) is 1. The summed E-state index contributed by atoms with van der Waals surface area (Å²) in [6.45, 7) is 0.648. The minimum absolute atomic E-state index is 0.0452. The van der Waals surface area contributed by atoms with E-state index in [1.165, 1.54) is 6.07 Å². The van der Waals surface area contributed by atoms with Crippen LogP contribution < -0.4 is 5.32 Å². The molecule has 110 valence electrons. The molecule has 5 heteroatoms. The van der Waals surface area contributed by atoms with Gasteiger partial charge in [-0.1, -0.05) is 18.9 Å². The maximum atomic E-state index is 13.7. The Labute approximate surface area is 126 Å². The standard InChI is InChI=1S/C15H19BrFNO2/c16-12-6-3-7-13(17)14(12)15(20)18-8-10-4-1-2-5-11(10)9-19/h3,6-7,10-11,19H,1-2,4-5,8-9H2,(H,18,20). The minimum atomic E-state index is -0.528. The highest BCUT2D eigenvalue weighted by molar-refractivity contribution is 9.10. The second-order valence-electron chi connectivity index (χ2n) is 5.29. The number of hydrogen-bond donors (Lipinski definition) is 2. The third-order valence-electron chi connectivity index (χ3n) is 4.02. The molecular weight excluding hydrogens is 325 g/mol. The zero-order chi connectivity index (χ0) is 14.5. The molecule has 1 saturated carbocycles. The fraction of sp³-hybridized carbons (Fsp3) is 0.533. The van der Waals surface area contributed by atoms with Gasteiger partial charge >= 0.3 is 0 Å². The number of amides is 1. The Morgan fingerprint density at radius 2 is 2.05 bits per heavy atom. The molecule has 2 atom stereocenters. The predicted molar refractivity (Wildman–Crippen MR) is 79.0 cm³/mol. The maximum Gasteiger partial charge on any atom is 0.255 e. The number of benzene rings is 1. The molecule has 0 aromatic heterocycles. The minimum Gasteiger partial charge on any atom is -0.396 e. The lowest BCUT2D eigenvalue weighted by Crippen LogP contribution is -2.35. The van der Waals surface area contributed by atoms with E-state index in [9.17, 15) is 14.3 Å². The van der Waals surface area contributed by atoms with Gasteiger partial charge in [-0.2, -0.15) is 0 Å². The first kappa shape index (κ1) is 15.4. The molecule has 0 saturated heterocycles. The predicted octanol–water partition coefficient (Wildman–Crippen LogP) is 3.12. The van der Waals surface area contributed by atoms with Crippen LogP contribution in [0, 0.1) is 17.7 Å². The van der Waals surface area contributed by atoms with Gasteiger partial charge in [0.25, 0.3) is 5.91 Å². The highest BCUT2D eigenvalue weighted by atomic mass is 79.9. The lowest BCUT2D eigenvalue weighted by Gasteiger charge is -2.30. The fourth-order valence-electron chi connectivity index (χ4n) is 2.82. The first-order valence-corrected chi connectivity index (χ1v) is 7.76. The largest absolute Gasteiger partial charge is 0.396 e. The van der Waals surface area contributed by atoms with Crippen LogP contribution in [0.1, 0.15) is 36.0 Å². The molecule has 0 heterocycles. The summed E-state index contributed by atoms with van der Waals surface area (Å²) in [5.41, 5.74) is 0.0452. The summed E-state index contributed by atoms with van der Waals surface area (Å²) in [6.07, 6.45) is 4.26. The number of aliphatic hydroxyl groups excluding tert-OH is 1. The summed E-state index contributed by atoms with van der Waals surface area (Å²) < 4.78 is 14.1. The van der Waals surface area contributed by atoms with Crippen molar-refractivity contribution in [2.24, 2.45) is 11.8 Å². The SMILES string of the molecule is O=C(NCC1CCCCC1CO)c1c(F)cccc1Br. The van der Waals surface area contributed by atoms with E-state index in [0.29, 0.717) is 11.0 Å². The van der Waals surface area contributed by atoms with Crippen molar-refractivity contribution < 1.29 is 14.3 Å². The monoisotopic (exact) mass is 343 g/mol. The maximum absolute atomic E-state index is 13.7. The average molecular weight is 344 g/mol. The number of hydrogen-bond acceptors (Lipinski definition) is 2. The van der Waals surface area contributed by atoms with E-state index in [-0.39, 0.29) is 24.0 Å². The third kappa shape index (κ3) is 3.58. The fourth-order valence-corrected chi connectivity index (χ4v) is 3.34. The molecular formula is C15H19BrFNO2. The van der Waals surface area contributed by atoms with Crippen LogP contribution in [0.5, 0.6) is 0 Å². The van der Waals surface area contributed by atoms with Gasteiger partial charge in [-0.15, -0.1) is 0 Å². The Morgan fingerprint density at radius 3 is 2.70 bits per heavy atom. The zero-order valence-corrected chi connectivity index (χ0v) is 12.8. The van der Waals surface area contributed by atoms with Gasteiger partial charge < -0.3 is 10.4 Å². The summed E-state index contributed by atoms with van der Waals surface area (Å²) in [5.74, 6) is -0.409. The quantitative estimate of drug-likeness (QED) is 0.882. The van der Waals surface area contributed by atoms with E-state index < -0.39 is 11.7 Å². The van der Waals surface area contributed by atoms with Crippen molar-refractivity contribution in [2.45, 2.75) is 25.7 Å². The molecule has 0 bridgehead atoms. The zero-order valence-electron chi connectivity index (χ0n) is 11.2. The number of rotatable bonds is 4. The number of halogens is 2. The van der Waals surface area contributed by atoms with Crippen molar-refractivity contribution in [1.29, 1.82) is 0 Å². The second-order valence-corrected chi connectivity index (χ2v) is 6.15. The molecule has 2 N–H and O–H groups in total. The van der Waals surface area contributed by atoms with Crippen LogP contribution in [0.15, 0.2) is 22.7 Å². The molecule has 2 unspecified atom stereocenters. The summed E-state index contributed by atoms with van der Waals surface area (Å²) in [6, 6.07) is 4.48. The van der Waals surface area contributed by atoms with E-state index in [1.807, 2.05) is 0 Å². The molecule has 20 heavy (non-hydrogen) atoms. The van der Waals surface area contributed by atoms with Crippen LogP contribution in [0.2, 0.25) is 0 Å². The molecule has 0 spiro atoms. The smallest absolute Gasteiger partial charge is 0.255 e. The third-order valence-corrected chi connectivity index (χ3v) is 4.68. The molecule has 0 radical (unpaired) electrons. The Hall–Kier alpha value is -0.940. The molecule has 1 aromatic rings. The van der Waals surface area contributed by atoms with Gasteiger partial charge in [0.1, 0.15) is 5.82 Å². The lowest BCUT2D eigenvalue weighted by molar-refractivity contribution is 0.0904. The Balaban J connectivity index is 1.98. The lowest BCUT2D eigenvalue weighted by atomic mass is 9.79. The van der Waals surface area contributed by atoms with Gasteiger partial charge in [-0.05, 0) is 52.7 Å². The Morgan fingerprint density at radius 1 is 1.35 bits per heavy atom. The molecule has 2 rings (SSSR count). The Bertz CT molecular complexity index is 461. The molecule has 1 aliphatic rings. The molecule has 1 fully saturated rings. The average Bonchev–Trinajstić information content (AvgIpc) is 2.45. The first-order valence-electron chi connectivity index (χ1n) is 6.96. The highest BCUT2D eigenvalue weighted by Crippen LogP contribution is 2.29. The Kier molecular flexibility index (Phi) is 5.54. The summed E-state index contributed by atoms with van der Waals surface area (Å²) in [4.78, 5) is 12.1. The molecule has 3 nitrogen and oxygen atoms in total. The van der Waals surface area contributed by atoms with Crippen molar-refractivity contribution in [2.75, 3.05) is 13.2 Å². The van der Waals surface area contributed by atoms with Gasteiger partial charge in [0.15, 0.2) is 0 Å². The normalized spacial score (nSPS) is 22.6. The van der Waals surface area contributed by atoms with Crippen molar-refractivity contribution >= 4 is 21.8 Å². The van der Waals surface area contributed by atoms with Crippen LogP contribution in [-0.2, 0) is 0 Å². The van der Waals surface area contributed by atoms with Crippen molar-refractivity contribution in [3.8, 4) is 0 Å². The molecule has 1 amide bonds. The summed E-state index contributed by atoms with van der Waals surface area (Å²) >= 11 is 3.20. The van der Waals surface area contributed by atoms with Crippen LogP contribution in [0.3, 0.4) is 0 Å². The second kappa shape index (κ2) is 7.18. The summed E-state index contributed by atoms with van der Waals surface area (Å²) in [5, 5.41) is 12.1. The van der Waals surface area contributed by atoms with Crippen molar-refractivity contribution in [1.82, 2.24) is 5.32 Å². The molecule has 1 aliphatic carbocycles. The van der Waals surface area contributed by atoms with Gasteiger partial charge in [-0.3, -0.25) is 4.79 Å². The first-order chi connectivity index (χ1) is 9.63. The highest BCUT2D eigenvalue weighted by Gasteiger charge is 2.25. The molecule has 0 aliphatic heterocycles. The van der Waals surface area contributed by atoms with E-state index in [1.54, 1.807) is 12.1 Å². The number of carbonyl (C=O) groups is 1. The van der Waals surface area contributed by atoms with Crippen LogP contribution in [0.25, 0.3) is 0 Å². The molecule has 1 aromatic carbocycles. The number of carbonyl (C=O) groups excluding carboxylic acids is 1. The van der Waals surface area contributed by atoms with Gasteiger partial charge in [-0.25, -0.2) is 4.39 Å². The van der Waals surface area contributed by atoms with E-state index in [0.717, 1.165) is 25.7 Å². The van der Waals surface area contributed by atoms with Gasteiger partial charge in [0.05, 0.1) is 5.56 Å². The van der Waals surface area contributed by atoms with Crippen LogP contribution >= 0.6 is 15.9 Å². The van der Waals surface area contributed by atoms with E-state index in [4.69, 9.17) is 0 Å². The van der Waals surface area contributed by atoms with E-state index >= 15 is 0 Å². The van der Waals surface area contributed by atoms with Gasteiger partial charge in [0.2, 0.25) is 0 Å².